The number of rotatable bonds is 2. The maximum atomic E-state index is 12.1. The van der Waals surface area contributed by atoms with E-state index in [9.17, 15) is 4.79 Å². The first-order valence-electron chi connectivity index (χ1n) is 7.07. The SMILES string of the molecule is Cc1ccc(C(=O)N/N=C2/C[C@H]3CC[C@H]2C3)cc1C. The molecule has 3 heteroatoms. The Hall–Kier alpha value is -1.64. The van der Waals surface area contributed by atoms with Crippen LogP contribution in [0.25, 0.3) is 0 Å². The summed E-state index contributed by atoms with van der Waals surface area (Å²) in [6.45, 7) is 4.07. The first kappa shape index (κ1) is 12.4. The molecule has 0 spiro atoms. The van der Waals surface area contributed by atoms with Gasteiger partial charge in [0.05, 0.1) is 0 Å². The van der Waals surface area contributed by atoms with Gasteiger partial charge in [0, 0.05) is 11.3 Å². The summed E-state index contributed by atoms with van der Waals surface area (Å²) in [5.74, 6) is 1.35. The van der Waals surface area contributed by atoms with E-state index in [4.69, 9.17) is 0 Å². The average Bonchev–Trinajstić information content (AvgIpc) is 3.01. The fourth-order valence-corrected chi connectivity index (χ4v) is 3.23. The van der Waals surface area contributed by atoms with E-state index in [1.807, 2.05) is 32.0 Å². The molecule has 0 saturated heterocycles. The predicted molar refractivity (Wildman–Crippen MR) is 76.3 cm³/mol. The van der Waals surface area contributed by atoms with E-state index >= 15 is 0 Å². The van der Waals surface area contributed by atoms with E-state index in [-0.39, 0.29) is 5.91 Å². The molecule has 3 nitrogen and oxygen atoms in total. The van der Waals surface area contributed by atoms with Gasteiger partial charge in [-0.2, -0.15) is 5.10 Å². The highest BCUT2D eigenvalue weighted by Gasteiger charge is 2.36. The van der Waals surface area contributed by atoms with Crippen molar-refractivity contribution in [3.05, 3.63) is 34.9 Å². The van der Waals surface area contributed by atoms with Gasteiger partial charge in [-0.05, 0) is 74.6 Å². The summed E-state index contributed by atoms with van der Waals surface area (Å²) in [5, 5.41) is 4.35. The number of carbonyl (C=O) groups excluding carboxylic acids is 1. The molecule has 1 aromatic rings. The fraction of sp³-hybridized carbons (Fsp3) is 0.500. The molecule has 1 amide bonds. The summed E-state index contributed by atoms with van der Waals surface area (Å²) < 4.78 is 0. The van der Waals surface area contributed by atoms with E-state index in [1.165, 1.54) is 30.5 Å². The molecule has 2 atom stereocenters. The molecule has 1 N–H and O–H groups in total. The molecule has 1 aromatic carbocycles. The van der Waals surface area contributed by atoms with Crippen molar-refractivity contribution >= 4 is 11.6 Å². The smallest absolute Gasteiger partial charge is 0.267 e. The zero-order chi connectivity index (χ0) is 13.4. The second kappa shape index (κ2) is 4.80. The minimum Gasteiger partial charge on any atom is -0.267 e. The Morgan fingerprint density at radius 3 is 2.74 bits per heavy atom. The predicted octanol–water partition coefficient (Wildman–Crippen LogP) is 3.21. The second-order valence-electron chi connectivity index (χ2n) is 5.92. The molecule has 0 radical (unpaired) electrons. The third-order valence-corrected chi connectivity index (χ3v) is 4.58. The molecule has 19 heavy (non-hydrogen) atoms. The first-order chi connectivity index (χ1) is 9.13. The van der Waals surface area contributed by atoms with Gasteiger partial charge in [0.1, 0.15) is 0 Å². The molecule has 2 saturated carbocycles. The molecule has 0 aromatic heterocycles. The van der Waals surface area contributed by atoms with Crippen molar-refractivity contribution in [1.82, 2.24) is 5.43 Å². The van der Waals surface area contributed by atoms with Crippen LogP contribution in [0.5, 0.6) is 0 Å². The van der Waals surface area contributed by atoms with E-state index in [2.05, 4.69) is 10.5 Å². The van der Waals surface area contributed by atoms with Crippen LogP contribution in [0.4, 0.5) is 0 Å². The summed E-state index contributed by atoms with van der Waals surface area (Å²) >= 11 is 0. The van der Waals surface area contributed by atoms with Crippen molar-refractivity contribution in [1.29, 1.82) is 0 Å². The minimum atomic E-state index is -0.0987. The Bertz CT molecular complexity index is 548. The van der Waals surface area contributed by atoms with Crippen molar-refractivity contribution < 1.29 is 4.79 Å². The van der Waals surface area contributed by atoms with Gasteiger partial charge in [0.15, 0.2) is 0 Å². The number of hydrogen-bond donors (Lipinski definition) is 1. The topological polar surface area (TPSA) is 41.5 Å². The van der Waals surface area contributed by atoms with Gasteiger partial charge in [-0.15, -0.1) is 0 Å². The quantitative estimate of drug-likeness (QED) is 0.811. The van der Waals surface area contributed by atoms with Crippen LogP contribution in [0.1, 0.15) is 47.2 Å². The number of hydrogen-bond acceptors (Lipinski definition) is 2. The largest absolute Gasteiger partial charge is 0.271 e. The van der Waals surface area contributed by atoms with E-state index < -0.39 is 0 Å². The summed E-state index contributed by atoms with van der Waals surface area (Å²) in [7, 11) is 0. The lowest BCUT2D eigenvalue weighted by atomic mass is 9.99. The van der Waals surface area contributed by atoms with Gasteiger partial charge in [0.2, 0.25) is 0 Å². The number of benzene rings is 1. The molecule has 2 bridgehead atoms. The number of amides is 1. The van der Waals surface area contributed by atoms with Gasteiger partial charge in [-0.25, -0.2) is 5.43 Å². The summed E-state index contributed by atoms with van der Waals surface area (Å²) in [4.78, 5) is 12.1. The summed E-state index contributed by atoms with van der Waals surface area (Å²) in [6.07, 6.45) is 4.95. The molecular weight excluding hydrogens is 236 g/mol. The lowest BCUT2D eigenvalue weighted by Gasteiger charge is -2.11. The monoisotopic (exact) mass is 256 g/mol. The first-order valence-corrected chi connectivity index (χ1v) is 7.07. The maximum Gasteiger partial charge on any atom is 0.271 e. The normalized spacial score (nSPS) is 26.9. The molecule has 2 fully saturated rings. The number of nitrogens with zero attached hydrogens (tertiary/aromatic N) is 1. The molecule has 3 rings (SSSR count). The average molecular weight is 256 g/mol. The zero-order valence-electron chi connectivity index (χ0n) is 11.6. The Morgan fingerprint density at radius 1 is 1.26 bits per heavy atom. The molecule has 100 valence electrons. The van der Waals surface area contributed by atoms with Gasteiger partial charge in [0.25, 0.3) is 5.91 Å². The minimum absolute atomic E-state index is 0.0987. The highest BCUT2D eigenvalue weighted by Crippen LogP contribution is 2.42. The lowest BCUT2D eigenvalue weighted by molar-refractivity contribution is 0.0954. The summed E-state index contributed by atoms with van der Waals surface area (Å²) in [5.41, 5.74) is 6.96. The van der Waals surface area contributed by atoms with Gasteiger partial charge in [-0.1, -0.05) is 6.07 Å². The number of aryl methyl sites for hydroxylation is 2. The molecule has 0 aliphatic heterocycles. The number of carbonyl (C=O) groups is 1. The molecule has 0 unspecified atom stereocenters. The van der Waals surface area contributed by atoms with E-state index in [0.717, 1.165) is 17.9 Å². The van der Waals surface area contributed by atoms with Crippen molar-refractivity contribution in [3.63, 3.8) is 0 Å². The maximum absolute atomic E-state index is 12.1. The van der Waals surface area contributed by atoms with Crippen molar-refractivity contribution in [2.24, 2.45) is 16.9 Å². The number of nitrogens with one attached hydrogen (secondary N) is 1. The van der Waals surface area contributed by atoms with E-state index in [0.29, 0.717) is 11.5 Å². The van der Waals surface area contributed by atoms with Crippen LogP contribution in [0, 0.1) is 25.7 Å². The van der Waals surface area contributed by atoms with Gasteiger partial charge >= 0.3 is 0 Å². The van der Waals surface area contributed by atoms with Crippen LogP contribution in [-0.4, -0.2) is 11.6 Å². The highest BCUT2D eigenvalue weighted by molar-refractivity contribution is 5.96. The van der Waals surface area contributed by atoms with Crippen molar-refractivity contribution in [2.75, 3.05) is 0 Å². The Morgan fingerprint density at radius 2 is 2.11 bits per heavy atom. The standard InChI is InChI=1S/C16H20N2O/c1-10-3-5-14(7-11(10)2)16(19)18-17-15-9-12-4-6-13(15)8-12/h3,5,7,12-13H,4,6,8-9H2,1-2H3,(H,18,19)/b17-15-/t12-,13-/m0/s1. The molecule has 2 aliphatic carbocycles. The lowest BCUT2D eigenvalue weighted by Crippen LogP contribution is -2.22. The van der Waals surface area contributed by atoms with Crippen molar-refractivity contribution in [2.45, 2.75) is 39.5 Å². The van der Waals surface area contributed by atoms with Crippen LogP contribution < -0.4 is 5.43 Å². The fourth-order valence-electron chi connectivity index (χ4n) is 3.23. The van der Waals surface area contributed by atoms with Crippen LogP contribution in [0.15, 0.2) is 23.3 Å². The number of hydrazone groups is 1. The third-order valence-electron chi connectivity index (χ3n) is 4.58. The second-order valence-corrected chi connectivity index (χ2v) is 5.92. The molecule has 2 aliphatic rings. The molecular formula is C16H20N2O. The van der Waals surface area contributed by atoms with Crippen LogP contribution in [0.3, 0.4) is 0 Å². The van der Waals surface area contributed by atoms with Crippen LogP contribution >= 0.6 is 0 Å². The van der Waals surface area contributed by atoms with E-state index in [1.54, 1.807) is 0 Å². The zero-order valence-corrected chi connectivity index (χ0v) is 11.6. The Kier molecular flexibility index (Phi) is 3.13. The van der Waals surface area contributed by atoms with Crippen molar-refractivity contribution in [3.8, 4) is 0 Å². The number of fused-ring (bicyclic) bond motifs is 2. The van der Waals surface area contributed by atoms with Crippen LogP contribution in [0.2, 0.25) is 0 Å². The van der Waals surface area contributed by atoms with Gasteiger partial charge in [-0.3, -0.25) is 4.79 Å². The highest BCUT2D eigenvalue weighted by atomic mass is 16.2. The van der Waals surface area contributed by atoms with Crippen LogP contribution in [-0.2, 0) is 0 Å². The Balaban J connectivity index is 1.68. The van der Waals surface area contributed by atoms with Gasteiger partial charge < -0.3 is 0 Å². The Labute approximate surface area is 114 Å². The molecule has 0 heterocycles. The third kappa shape index (κ3) is 2.42. The summed E-state index contributed by atoms with van der Waals surface area (Å²) in [6, 6.07) is 5.76.